The first-order chi connectivity index (χ1) is 7.24. The molecule has 0 radical (unpaired) electrons. The second-order valence-electron chi connectivity index (χ2n) is 3.38. The lowest BCUT2D eigenvalue weighted by atomic mass is 10.2. The number of hydrogen-bond acceptors (Lipinski definition) is 3. The van der Waals surface area contributed by atoms with E-state index in [9.17, 15) is 4.79 Å². The summed E-state index contributed by atoms with van der Waals surface area (Å²) in [6, 6.07) is 9.63. The molecule has 4 nitrogen and oxygen atoms in total. The fourth-order valence-electron chi connectivity index (χ4n) is 0.972. The van der Waals surface area contributed by atoms with Crippen molar-refractivity contribution in [3.8, 4) is 0 Å². The van der Waals surface area contributed by atoms with E-state index in [0.717, 1.165) is 5.56 Å². The Hall–Kier alpha value is -1.39. The Morgan fingerprint density at radius 1 is 1.47 bits per heavy atom. The summed E-state index contributed by atoms with van der Waals surface area (Å²) in [5.41, 5.74) is 8.71. The SMILES string of the molecule is CC(CN)C(=O)NOCc1ccccc1. The quantitative estimate of drug-likeness (QED) is 0.704. The van der Waals surface area contributed by atoms with Gasteiger partial charge in [0, 0.05) is 12.5 Å². The van der Waals surface area contributed by atoms with Gasteiger partial charge in [-0.2, -0.15) is 0 Å². The number of rotatable bonds is 5. The van der Waals surface area contributed by atoms with Gasteiger partial charge in [0.15, 0.2) is 0 Å². The highest BCUT2D eigenvalue weighted by molar-refractivity contribution is 5.77. The van der Waals surface area contributed by atoms with Crippen LogP contribution in [0, 0.1) is 5.92 Å². The highest BCUT2D eigenvalue weighted by Crippen LogP contribution is 1.99. The molecule has 0 heterocycles. The molecule has 0 spiro atoms. The molecule has 0 aliphatic carbocycles. The van der Waals surface area contributed by atoms with E-state index in [-0.39, 0.29) is 11.8 Å². The Kier molecular flexibility index (Phi) is 4.80. The van der Waals surface area contributed by atoms with Gasteiger partial charge in [-0.05, 0) is 5.56 Å². The lowest BCUT2D eigenvalue weighted by Crippen LogP contribution is -2.33. The lowest BCUT2D eigenvalue weighted by molar-refractivity contribution is -0.137. The number of carbonyl (C=O) groups is 1. The fraction of sp³-hybridized carbons (Fsp3) is 0.364. The second kappa shape index (κ2) is 6.16. The molecule has 82 valence electrons. The Labute approximate surface area is 89.4 Å². The number of hydrogen-bond donors (Lipinski definition) is 2. The van der Waals surface area contributed by atoms with E-state index >= 15 is 0 Å². The summed E-state index contributed by atoms with van der Waals surface area (Å²) < 4.78 is 0. The minimum Gasteiger partial charge on any atom is -0.330 e. The molecule has 1 amide bonds. The summed E-state index contributed by atoms with van der Waals surface area (Å²) in [5, 5.41) is 0. The normalized spacial score (nSPS) is 12.1. The van der Waals surface area contributed by atoms with E-state index in [1.807, 2.05) is 30.3 Å². The Morgan fingerprint density at radius 2 is 2.13 bits per heavy atom. The van der Waals surface area contributed by atoms with Gasteiger partial charge in [-0.25, -0.2) is 5.48 Å². The maximum absolute atomic E-state index is 11.2. The number of benzene rings is 1. The zero-order chi connectivity index (χ0) is 11.1. The summed E-state index contributed by atoms with van der Waals surface area (Å²) in [7, 11) is 0. The van der Waals surface area contributed by atoms with Crippen molar-refractivity contribution < 1.29 is 9.63 Å². The third kappa shape index (κ3) is 4.10. The van der Waals surface area contributed by atoms with Crippen molar-refractivity contribution in [3.63, 3.8) is 0 Å². The molecule has 1 rings (SSSR count). The van der Waals surface area contributed by atoms with Gasteiger partial charge < -0.3 is 5.73 Å². The maximum Gasteiger partial charge on any atom is 0.247 e. The number of amides is 1. The first-order valence-electron chi connectivity index (χ1n) is 4.89. The van der Waals surface area contributed by atoms with Crippen LogP contribution < -0.4 is 11.2 Å². The first-order valence-corrected chi connectivity index (χ1v) is 4.89. The first kappa shape index (κ1) is 11.7. The molecule has 1 atom stereocenters. The van der Waals surface area contributed by atoms with Crippen LogP contribution in [0.5, 0.6) is 0 Å². The van der Waals surface area contributed by atoms with Gasteiger partial charge in [0.2, 0.25) is 5.91 Å². The number of carbonyl (C=O) groups excluding carboxylic acids is 1. The highest BCUT2D eigenvalue weighted by atomic mass is 16.6. The van der Waals surface area contributed by atoms with Crippen molar-refractivity contribution in [2.24, 2.45) is 11.7 Å². The number of hydroxylamine groups is 1. The standard InChI is InChI=1S/C11H16N2O2/c1-9(7-12)11(14)13-15-8-10-5-3-2-4-6-10/h2-6,9H,7-8,12H2,1H3,(H,13,14). The van der Waals surface area contributed by atoms with Gasteiger partial charge in [-0.15, -0.1) is 0 Å². The molecule has 0 fully saturated rings. The second-order valence-corrected chi connectivity index (χ2v) is 3.38. The molecule has 0 bridgehead atoms. The van der Waals surface area contributed by atoms with Crippen molar-refractivity contribution >= 4 is 5.91 Å². The van der Waals surface area contributed by atoms with E-state index in [2.05, 4.69) is 5.48 Å². The molecule has 0 saturated heterocycles. The van der Waals surface area contributed by atoms with Crippen LogP contribution in [0.3, 0.4) is 0 Å². The van der Waals surface area contributed by atoms with E-state index in [1.165, 1.54) is 0 Å². The minimum absolute atomic E-state index is 0.187. The molecule has 1 aromatic rings. The maximum atomic E-state index is 11.2. The van der Waals surface area contributed by atoms with Crippen molar-refractivity contribution in [2.45, 2.75) is 13.5 Å². The van der Waals surface area contributed by atoms with Gasteiger partial charge >= 0.3 is 0 Å². The Balaban J connectivity index is 2.25. The summed E-state index contributed by atoms with van der Waals surface area (Å²) in [6.07, 6.45) is 0. The molecule has 1 unspecified atom stereocenters. The van der Waals surface area contributed by atoms with Crippen LogP contribution in [0.25, 0.3) is 0 Å². The van der Waals surface area contributed by atoms with Gasteiger partial charge in [0.25, 0.3) is 0 Å². The van der Waals surface area contributed by atoms with Crippen LogP contribution >= 0.6 is 0 Å². The minimum atomic E-state index is -0.222. The predicted octanol–water partition coefficient (Wildman–Crippen LogP) is 0.829. The van der Waals surface area contributed by atoms with Crippen LogP contribution in [0.15, 0.2) is 30.3 Å². The summed E-state index contributed by atoms with van der Waals surface area (Å²) in [6.45, 7) is 2.44. The topological polar surface area (TPSA) is 64.4 Å². The summed E-state index contributed by atoms with van der Waals surface area (Å²) in [4.78, 5) is 16.3. The Morgan fingerprint density at radius 3 is 2.73 bits per heavy atom. The molecule has 0 saturated carbocycles. The summed E-state index contributed by atoms with van der Waals surface area (Å²) >= 11 is 0. The number of nitrogens with one attached hydrogen (secondary N) is 1. The van der Waals surface area contributed by atoms with Crippen LogP contribution in [0.4, 0.5) is 0 Å². The van der Waals surface area contributed by atoms with E-state index in [0.29, 0.717) is 13.2 Å². The monoisotopic (exact) mass is 208 g/mol. The molecular weight excluding hydrogens is 192 g/mol. The smallest absolute Gasteiger partial charge is 0.247 e. The van der Waals surface area contributed by atoms with Gasteiger partial charge in [-0.1, -0.05) is 37.3 Å². The molecule has 0 aliphatic rings. The van der Waals surface area contributed by atoms with Crippen molar-refractivity contribution in [1.82, 2.24) is 5.48 Å². The third-order valence-corrected chi connectivity index (χ3v) is 2.06. The van der Waals surface area contributed by atoms with E-state index < -0.39 is 0 Å². The average Bonchev–Trinajstić information content (AvgIpc) is 2.29. The largest absolute Gasteiger partial charge is 0.330 e. The molecular formula is C11H16N2O2. The molecule has 0 aromatic heterocycles. The van der Waals surface area contributed by atoms with Gasteiger partial charge in [0.1, 0.15) is 0 Å². The van der Waals surface area contributed by atoms with Crippen molar-refractivity contribution in [2.75, 3.05) is 6.54 Å². The number of nitrogens with two attached hydrogens (primary N) is 1. The summed E-state index contributed by atoms with van der Waals surface area (Å²) in [5.74, 6) is -0.408. The molecule has 4 heteroatoms. The molecule has 15 heavy (non-hydrogen) atoms. The Bertz CT molecular complexity index is 301. The molecule has 0 aliphatic heterocycles. The zero-order valence-electron chi connectivity index (χ0n) is 8.77. The zero-order valence-corrected chi connectivity index (χ0v) is 8.77. The predicted molar refractivity (Wildman–Crippen MR) is 57.6 cm³/mol. The fourth-order valence-corrected chi connectivity index (χ4v) is 0.972. The van der Waals surface area contributed by atoms with Crippen LogP contribution in [0.1, 0.15) is 12.5 Å². The van der Waals surface area contributed by atoms with Crippen LogP contribution in [-0.4, -0.2) is 12.5 Å². The van der Waals surface area contributed by atoms with Crippen LogP contribution in [0.2, 0.25) is 0 Å². The van der Waals surface area contributed by atoms with E-state index in [4.69, 9.17) is 10.6 Å². The highest BCUT2D eigenvalue weighted by Gasteiger charge is 2.09. The van der Waals surface area contributed by atoms with E-state index in [1.54, 1.807) is 6.92 Å². The van der Waals surface area contributed by atoms with Crippen LogP contribution in [-0.2, 0) is 16.2 Å². The average molecular weight is 208 g/mol. The molecule has 3 N–H and O–H groups in total. The van der Waals surface area contributed by atoms with Crippen molar-refractivity contribution in [1.29, 1.82) is 0 Å². The van der Waals surface area contributed by atoms with Gasteiger partial charge in [0.05, 0.1) is 6.61 Å². The van der Waals surface area contributed by atoms with Gasteiger partial charge in [-0.3, -0.25) is 9.63 Å². The third-order valence-electron chi connectivity index (χ3n) is 2.06. The molecule has 1 aromatic carbocycles. The lowest BCUT2D eigenvalue weighted by Gasteiger charge is -2.09. The van der Waals surface area contributed by atoms with Crippen molar-refractivity contribution in [3.05, 3.63) is 35.9 Å².